The Kier molecular flexibility index (Phi) is 4.98. The molecule has 0 aliphatic carbocycles. The van der Waals surface area contributed by atoms with Crippen molar-refractivity contribution in [3.05, 3.63) is 52.3 Å². The van der Waals surface area contributed by atoms with Gasteiger partial charge in [-0.15, -0.1) is 0 Å². The molecule has 3 aromatic rings. The fourth-order valence-electron chi connectivity index (χ4n) is 3.79. The van der Waals surface area contributed by atoms with Gasteiger partial charge < -0.3 is 9.64 Å². The van der Waals surface area contributed by atoms with E-state index in [1.807, 2.05) is 56.1 Å². The zero-order chi connectivity index (χ0) is 19.8. The smallest absolute Gasteiger partial charge is 0.254 e. The van der Waals surface area contributed by atoms with Crippen molar-refractivity contribution < 1.29 is 9.53 Å². The third-order valence-electron chi connectivity index (χ3n) is 5.17. The molecule has 1 aliphatic rings. The normalized spacial score (nSPS) is 15.2. The highest BCUT2D eigenvalue weighted by molar-refractivity contribution is 6.30. The molecule has 1 saturated heterocycles. The van der Waals surface area contributed by atoms with Crippen molar-refractivity contribution in [2.45, 2.75) is 32.8 Å². The predicted octanol–water partition coefficient (Wildman–Crippen LogP) is 3.92. The van der Waals surface area contributed by atoms with E-state index >= 15 is 0 Å². The van der Waals surface area contributed by atoms with Crippen LogP contribution in [0.1, 0.15) is 34.6 Å². The summed E-state index contributed by atoms with van der Waals surface area (Å²) in [5.41, 5.74) is 3.08. The molecule has 0 atom stereocenters. The Morgan fingerprint density at radius 1 is 1.18 bits per heavy atom. The number of likely N-dealkylation sites (tertiary alicyclic amines) is 1. The van der Waals surface area contributed by atoms with Crippen molar-refractivity contribution in [1.29, 1.82) is 0 Å². The van der Waals surface area contributed by atoms with Crippen molar-refractivity contribution in [3.8, 4) is 5.75 Å². The molecule has 0 bridgehead atoms. The van der Waals surface area contributed by atoms with Crippen LogP contribution in [-0.4, -0.2) is 44.8 Å². The molecule has 0 saturated carbocycles. The van der Waals surface area contributed by atoms with Gasteiger partial charge in [-0.2, -0.15) is 5.10 Å². The number of fused-ring (bicyclic) bond motifs is 1. The summed E-state index contributed by atoms with van der Waals surface area (Å²) in [6, 6.07) is 9.27. The first-order valence-electron chi connectivity index (χ1n) is 9.45. The molecule has 146 valence electrons. The summed E-state index contributed by atoms with van der Waals surface area (Å²) in [4.78, 5) is 19.7. The molecule has 0 N–H and O–H groups in total. The van der Waals surface area contributed by atoms with E-state index in [4.69, 9.17) is 16.3 Å². The monoisotopic (exact) mass is 398 g/mol. The summed E-state index contributed by atoms with van der Waals surface area (Å²) in [5.74, 6) is 0.850. The highest BCUT2D eigenvalue weighted by Crippen LogP contribution is 2.26. The van der Waals surface area contributed by atoms with Crippen molar-refractivity contribution in [3.63, 3.8) is 0 Å². The van der Waals surface area contributed by atoms with E-state index in [1.54, 1.807) is 4.68 Å². The number of nitrogens with zero attached hydrogens (tertiary/aromatic N) is 4. The van der Waals surface area contributed by atoms with Crippen molar-refractivity contribution in [2.24, 2.45) is 7.05 Å². The second-order valence-corrected chi connectivity index (χ2v) is 7.72. The van der Waals surface area contributed by atoms with Crippen LogP contribution in [0.25, 0.3) is 11.0 Å². The summed E-state index contributed by atoms with van der Waals surface area (Å²) in [7, 11) is 1.86. The zero-order valence-corrected chi connectivity index (χ0v) is 17.0. The third kappa shape index (κ3) is 3.56. The van der Waals surface area contributed by atoms with Crippen LogP contribution in [0.3, 0.4) is 0 Å². The van der Waals surface area contributed by atoms with Crippen LogP contribution in [0.15, 0.2) is 30.3 Å². The number of aromatic nitrogens is 3. The third-order valence-corrected chi connectivity index (χ3v) is 5.42. The SMILES string of the molecule is Cc1cc(C(=O)N2CCC(Oc3ccc(Cl)cc3)CC2)c2c(C)nn(C)c2n1. The molecule has 0 spiro atoms. The first kappa shape index (κ1) is 18.7. The zero-order valence-electron chi connectivity index (χ0n) is 16.3. The second-order valence-electron chi connectivity index (χ2n) is 7.28. The number of rotatable bonds is 3. The quantitative estimate of drug-likeness (QED) is 0.670. The molecular weight excluding hydrogens is 376 g/mol. The highest BCUT2D eigenvalue weighted by atomic mass is 35.5. The van der Waals surface area contributed by atoms with Crippen LogP contribution in [-0.2, 0) is 7.05 Å². The van der Waals surface area contributed by atoms with Crippen LogP contribution >= 0.6 is 11.6 Å². The molecule has 4 rings (SSSR count). The second kappa shape index (κ2) is 7.43. The standard InChI is InChI=1S/C21H23ClN4O2/c1-13-12-18(19-14(2)24-25(3)20(19)23-13)21(27)26-10-8-17(9-11-26)28-16-6-4-15(22)5-7-16/h4-7,12,17H,8-11H2,1-3H3. The lowest BCUT2D eigenvalue weighted by Crippen LogP contribution is -2.41. The Labute approximate surface area is 169 Å². The Bertz CT molecular complexity index is 1020. The summed E-state index contributed by atoms with van der Waals surface area (Å²) in [6.45, 7) is 5.16. The largest absolute Gasteiger partial charge is 0.490 e. The van der Waals surface area contributed by atoms with E-state index in [2.05, 4.69) is 10.1 Å². The number of benzene rings is 1. The molecule has 3 heterocycles. The number of carbonyl (C=O) groups excluding carboxylic acids is 1. The van der Waals surface area contributed by atoms with Gasteiger partial charge in [0.1, 0.15) is 11.9 Å². The maximum absolute atomic E-state index is 13.2. The lowest BCUT2D eigenvalue weighted by molar-refractivity contribution is 0.0597. The predicted molar refractivity (Wildman–Crippen MR) is 109 cm³/mol. The van der Waals surface area contributed by atoms with E-state index in [0.717, 1.165) is 41.0 Å². The van der Waals surface area contributed by atoms with Crippen molar-refractivity contribution in [2.75, 3.05) is 13.1 Å². The van der Waals surface area contributed by atoms with Crippen molar-refractivity contribution in [1.82, 2.24) is 19.7 Å². The summed E-state index contributed by atoms with van der Waals surface area (Å²) < 4.78 is 7.77. The molecule has 6 nitrogen and oxygen atoms in total. The molecule has 7 heteroatoms. The Morgan fingerprint density at radius 3 is 2.54 bits per heavy atom. The van der Waals surface area contributed by atoms with Crippen LogP contribution in [0, 0.1) is 13.8 Å². The fourth-order valence-corrected chi connectivity index (χ4v) is 3.92. The average Bonchev–Trinajstić information content (AvgIpc) is 2.97. The maximum Gasteiger partial charge on any atom is 0.254 e. The first-order chi connectivity index (χ1) is 13.4. The fraction of sp³-hybridized carbons (Fsp3) is 0.381. The minimum atomic E-state index is 0.0385. The van der Waals surface area contributed by atoms with Gasteiger partial charge in [0, 0.05) is 43.7 Å². The van der Waals surface area contributed by atoms with E-state index in [-0.39, 0.29) is 12.0 Å². The van der Waals surface area contributed by atoms with Gasteiger partial charge in [0.15, 0.2) is 5.65 Å². The molecule has 1 fully saturated rings. The van der Waals surface area contributed by atoms with E-state index < -0.39 is 0 Å². The average molecular weight is 399 g/mol. The molecule has 1 aromatic carbocycles. The molecule has 1 amide bonds. The molecule has 0 unspecified atom stereocenters. The first-order valence-corrected chi connectivity index (χ1v) is 9.82. The van der Waals surface area contributed by atoms with Crippen LogP contribution < -0.4 is 4.74 Å². The Hall–Kier alpha value is -2.60. The number of amides is 1. The Balaban J connectivity index is 1.49. The number of piperidine rings is 1. The van der Waals surface area contributed by atoms with Gasteiger partial charge in [0.05, 0.1) is 16.6 Å². The number of hydrogen-bond donors (Lipinski definition) is 0. The summed E-state index contributed by atoms with van der Waals surface area (Å²) in [5, 5.41) is 5.98. The van der Waals surface area contributed by atoms with E-state index in [9.17, 15) is 4.79 Å². The van der Waals surface area contributed by atoms with Crippen LogP contribution in [0.5, 0.6) is 5.75 Å². The molecule has 2 aromatic heterocycles. The molecular formula is C21H23ClN4O2. The minimum absolute atomic E-state index is 0.0385. The van der Waals surface area contributed by atoms with Crippen LogP contribution in [0.2, 0.25) is 5.02 Å². The number of hydrogen-bond acceptors (Lipinski definition) is 4. The topological polar surface area (TPSA) is 60.3 Å². The minimum Gasteiger partial charge on any atom is -0.490 e. The van der Waals surface area contributed by atoms with E-state index in [1.165, 1.54) is 0 Å². The van der Waals surface area contributed by atoms with Gasteiger partial charge in [-0.25, -0.2) is 4.98 Å². The number of pyridine rings is 1. The molecule has 1 aliphatic heterocycles. The summed E-state index contributed by atoms with van der Waals surface area (Å²) >= 11 is 5.92. The lowest BCUT2D eigenvalue weighted by atomic mass is 10.0. The summed E-state index contributed by atoms with van der Waals surface area (Å²) in [6.07, 6.45) is 1.70. The number of carbonyl (C=O) groups is 1. The molecule has 28 heavy (non-hydrogen) atoms. The van der Waals surface area contributed by atoms with Crippen molar-refractivity contribution >= 4 is 28.5 Å². The van der Waals surface area contributed by atoms with Crippen LogP contribution in [0.4, 0.5) is 0 Å². The lowest BCUT2D eigenvalue weighted by Gasteiger charge is -2.32. The van der Waals surface area contributed by atoms with Gasteiger partial charge in [-0.05, 0) is 44.2 Å². The van der Waals surface area contributed by atoms with Gasteiger partial charge in [-0.1, -0.05) is 11.6 Å². The maximum atomic E-state index is 13.2. The number of aryl methyl sites for hydroxylation is 3. The number of ether oxygens (including phenoxy) is 1. The number of halogens is 1. The van der Waals surface area contributed by atoms with Gasteiger partial charge in [-0.3, -0.25) is 9.48 Å². The van der Waals surface area contributed by atoms with E-state index in [0.29, 0.717) is 23.7 Å². The van der Waals surface area contributed by atoms with Gasteiger partial charge in [0.2, 0.25) is 0 Å². The van der Waals surface area contributed by atoms with Gasteiger partial charge in [0.25, 0.3) is 5.91 Å². The van der Waals surface area contributed by atoms with Gasteiger partial charge >= 0.3 is 0 Å². The Morgan fingerprint density at radius 2 is 1.86 bits per heavy atom. The molecule has 0 radical (unpaired) electrons. The highest BCUT2D eigenvalue weighted by Gasteiger charge is 2.27.